The monoisotopic (exact) mass is 493 g/mol. The summed E-state index contributed by atoms with van der Waals surface area (Å²) in [5, 5.41) is 13.8. The number of carbonyl (C=O) groups excluding carboxylic acids is 1. The number of hydrogen-bond donors (Lipinski definition) is 0. The number of para-hydroxylation sites is 1. The molecule has 36 heavy (non-hydrogen) atoms. The maximum atomic E-state index is 12.3. The van der Waals surface area contributed by atoms with Crippen LogP contribution in [0.2, 0.25) is 0 Å². The first-order valence-electron chi connectivity index (χ1n) is 12.3. The van der Waals surface area contributed by atoms with Crippen molar-refractivity contribution >= 4 is 27.8 Å². The van der Waals surface area contributed by atoms with Crippen molar-refractivity contribution in [2.45, 2.75) is 39.5 Å². The fourth-order valence-corrected chi connectivity index (χ4v) is 5.60. The van der Waals surface area contributed by atoms with Crippen molar-refractivity contribution in [1.29, 1.82) is 0 Å². The van der Waals surface area contributed by atoms with Crippen LogP contribution in [0.3, 0.4) is 0 Å². The van der Waals surface area contributed by atoms with E-state index < -0.39 is 5.97 Å². The van der Waals surface area contributed by atoms with Gasteiger partial charge < -0.3 is 23.8 Å². The molecule has 7 heteroatoms. The summed E-state index contributed by atoms with van der Waals surface area (Å²) in [6.07, 6.45) is 4.55. The van der Waals surface area contributed by atoms with Crippen LogP contribution in [0.5, 0.6) is 5.75 Å². The van der Waals surface area contributed by atoms with Crippen molar-refractivity contribution < 1.29 is 53.3 Å². The first-order chi connectivity index (χ1) is 16.9. The molecule has 0 unspecified atom stereocenters. The van der Waals surface area contributed by atoms with E-state index in [1.54, 1.807) is 6.07 Å². The summed E-state index contributed by atoms with van der Waals surface area (Å²) in [6.45, 7) is 6.22. The molecule has 0 bridgehead atoms. The molecule has 1 saturated carbocycles. The first kappa shape index (κ1) is 25.3. The standard InChI is InChI=1S/C29H29NO5.Na/c1-17-7-8-24(34-14-19-9-11-29(12-10-19)15-33-16-29)25-21(28(31)32)13-22(30-26(17)25)27-18(2)20-5-3-4-6-23(20)35-27;/h3-8,13,19H,9-12,14-16H2,1-2H3,(H,31,32);/q;+1/p-1. The Morgan fingerprint density at radius 2 is 1.89 bits per heavy atom. The van der Waals surface area contributed by atoms with Gasteiger partial charge in [0.15, 0.2) is 5.76 Å². The second-order valence-electron chi connectivity index (χ2n) is 10.2. The fourth-order valence-electron chi connectivity index (χ4n) is 5.60. The molecule has 1 saturated heterocycles. The van der Waals surface area contributed by atoms with Gasteiger partial charge >= 0.3 is 29.6 Å². The van der Waals surface area contributed by atoms with E-state index in [0.29, 0.717) is 46.0 Å². The third kappa shape index (κ3) is 4.34. The minimum atomic E-state index is -1.26. The van der Waals surface area contributed by atoms with E-state index in [4.69, 9.17) is 18.9 Å². The normalized spacial score (nSPS) is 17.2. The Kier molecular flexibility index (Phi) is 6.90. The molecule has 3 heterocycles. The summed E-state index contributed by atoms with van der Waals surface area (Å²) in [4.78, 5) is 17.2. The van der Waals surface area contributed by atoms with Crippen LogP contribution in [0.1, 0.15) is 47.2 Å². The molecular weight excluding hydrogens is 465 g/mol. The van der Waals surface area contributed by atoms with Crippen molar-refractivity contribution in [2.24, 2.45) is 11.3 Å². The first-order valence-corrected chi connectivity index (χ1v) is 12.3. The third-order valence-corrected chi connectivity index (χ3v) is 7.88. The molecular formula is C29H28NNaO5. The number of carboxylic acids is 1. The Balaban J connectivity index is 0.00000267. The Labute approximate surface area is 232 Å². The van der Waals surface area contributed by atoms with E-state index in [2.05, 4.69) is 0 Å². The fraction of sp³-hybridized carbons (Fsp3) is 0.379. The summed E-state index contributed by atoms with van der Waals surface area (Å²) in [7, 11) is 0. The quantitative estimate of drug-likeness (QED) is 0.397. The van der Waals surface area contributed by atoms with Crippen molar-refractivity contribution in [3.8, 4) is 17.2 Å². The number of aromatic carboxylic acids is 1. The molecule has 6 nitrogen and oxygen atoms in total. The van der Waals surface area contributed by atoms with Crippen LogP contribution in [0.25, 0.3) is 33.3 Å². The summed E-state index contributed by atoms with van der Waals surface area (Å²) in [5.41, 5.74) is 4.07. The van der Waals surface area contributed by atoms with Gasteiger partial charge in [-0.3, -0.25) is 0 Å². The van der Waals surface area contributed by atoms with Gasteiger partial charge in [0.2, 0.25) is 0 Å². The smallest absolute Gasteiger partial charge is 0.545 e. The Morgan fingerprint density at radius 3 is 2.56 bits per heavy atom. The van der Waals surface area contributed by atoms with Crippen molar-refractivity contribution in [3.63, 3.8) is 0 Å². The predicted octanol–water partition coefficient (Wildman–Crippen LogP) is 2.22. The molecule has 1 aliphatic carbocycles. The van der Waals surface area contributed by atoms with Crippen LogP contribution >= 0.6 is 0 Å². The molecule has 6 rings (SSSR count). The molecule has 0 amide bonds. The number of furan rings is 1. The minimum absolute atomic E-state index is 0. The van der Waals surface area contributed by atoms with Crippen LogP contribution in [0.15, 0.2) is 46.9 Å². The number of fused-ring (bicyclic) bond motifs is 2. The number of carboxylic acid groups (broad SMARTS) is 1. The van der Waals surface area contributed by atoms with Gasteiger partial charge in [0.25, 0.3) is 0 Å². The van der Waals surface area contributed by atoms with Crippen LogP contribution in [-0.2, 0) is 4.74 Å². The topological polar surface area (TPSA) is 84.6 Å². The van der Waals surface area contributed by atoms with E-state index >= 15 is 0 Å². The SMILES string of the molecule is Cc1c(-c2cc(C(=O)[O-])c3c(OCC4CCC5(CC4)COC5)ccc(C)c3n2)oc2ccccc12.[Na+]. The molecule has 2 aromatic carbocycles. The number of aryl methyl sites for hydroxylation is 2. The molecule has 0 atom stereocenters. The number of pyridine rings is 1. The Morgan fingerprint density at radius 1 is 1.14 bits per heavy atom. The summed E-state index contributed by atoms with van der Waals surface area (Å²) < 4.78 is 17.8. The van der Waals surface area contributed by atoms with Crippen LogP contribution < -0.4 is 39.4 Å². The summed E-state index contributed by atoms with van der Waals surface area (Å²) in [5.74, 6) is 0.303. The van der Waals surface area contributed by atoms with Gasteiger partial charge in [-0.1, -0.05) is 24.3 Å². The maximum Gasteiger partial charge on any atom is 1.00 e. The van der Waals surface area contributed by atoms with Gasteiger partial charge in [-0.15, -0.1) is 0 Å². The molecule has 4 aromatic rings. The van der Waals surface area contributed by atoms with Crippen LogP contribution in [0, 0.1) is 25.2 Å². The number of carbonyl (C=O) groups is 1. The molecule has 0 N–H and O–H groups in total. The third-order valence-electron chi connectivity index (χ3n) is 7.88. The minimum Gasteiger partial charge on any atom is -0.545 e. The molecule has 2 fully saturated rings. The second kappa shape index (κ2) is 9.82. The van der Waals surface area contributed by atoms with Crippen molar-refractivity contribution in [3.05, 3.63) is 59.2 Å². The number of aromatic nitrogens is 1. The van der Waals surface area contributed by atoms with E-state index in [0.717, 1.165) is 48.2 Å². The number of rotatable bonds is 5. The van der Waals surface area contributed by atoms with Crippen LogP contribution in [-0.4, -0.2) is 30.8 Å². The van der Waals surface area contributed by atoms with Gasteiger partial charge in [-0.2, -0.15) is 0 Å². The number of benzene rings is 2. The Hall–Kier alpha value is -2.38. The molecule has 1 aliphatic heterocycles. The number of ether oxygens (including phenoxy) is 2. The van der Waals surface area contributed by atoms with E-state index in [-0.39, 0.29) is 35.1 Å². The van der Waals surface area contributed by atoms with Gasteiger partial charge in [0, 0.05) is 21.9 Å². The van der Waals surface area contributed by atoms with Gasteiger partial charge in [-0.05, 0) is 69.2 Å². The van der Waals surface area contributed by atoms with E-state index in [9.17, 15) is 9.90 Å². The largest absolute Gasteiger partial charge is 1.00 e. The Bertz CT molecular complexity index is 1450. The average Bonchev–Trinajstić information content (AvgIpc) is 3.19. The predicted molar refractivity (Wildman–Crippen MR) is 131 cm³/mol. The zero-order valence-electron chi connectivity index (χ0n) is 21.1. The zero-order chi connectivity index (χ0) is 24.2. The second-order valence-corrected chi connectivity index (χ2v) is 10.2. The van der Waals surface area contributed by atoms with Crippen LogP contribution in [0.4, 0.5) is 0 Å². The van der Waals surface area contributed by atoms with E-state index in [1.807, 2.05) is 50.2 Å². The maximum absolute atomic E-state index is 12.3. The average molecular weight is 494 g/mol. The molecule has 2 aromatic heterocycles. The molecule has 2 aliphatic rings. The van der Waals surface area contributed by atoms with E-state index in [1.165, 1.54) is 12.8 Å². The molecule has 0 radical (unpaired) electrons. The summed E-state index contributed by atoms with van der Waals surface area (Å²) >= 11 is 0. The van der Waals surface area contributed by atoms with Gasteiger partial charge in [-0.25, -0.2) is 4.98 Å². The number of nitrogens with zero attached hydrogens (tertiary/aromatic N) is 1. The van der Waals surface area contributed by atoms with Gasteiger partial charge in [0.1, 0.15) is 17.0 Å². The number of hydrogen-bond acceptors (Lipinski definition) is 6. The van der Waals surface area contributed by atoms with Crippen molar-refractivity contribution in [1.82, 2.24) is 4.98 Å². The molecule has 180 valence electrons. The zero-order valence-corrected chi connectivity index (χ0v) is 23.1. The van der Waals surface area contributed by atoms with Gasteiger partial charge in [0.05, 0.1) is 36.7 Å². The molecule has 1 spiro atoms. The van der Waals surface area contributed by atoms with Crippen molar-refractivity contribution in [2.75, 3.05) is 19.8 Å². The summed E-state index contributed by atoms with van der Waals surface area (Å²) in [6, 6.07) is 13.1.